The lowest BCUT2D eigenvalue weighted by atomic mass is 10.2. The zero-order chi connectivity index (χ0) is 11.1. The molecule has 1 fully saturated rings. The lowest BCUT2D eigenvalue weighted by molar-refractivity contribution is -0.144. The molecule has 1 aliphatic rings. The van der Waals surface area contributed by atoms with Gasteiger partial charge in [0.1, 0.15) is 6.23 Å². The van der Waals surface area contributed by atoms with E-state index in [4.69, 9.17) is 4.74 Å². The fourth-order valence-corrected chi connectivity index (χ4v) is 1.97. The normalized spacial score (nSPS) is 22.5. The van der Waals surface area contributed by atoms with Crippen LogP contribution in [0, 0.1) is 0 Å². The first kappa shape index (κ1) is 12.5. The van der Waals surface area contributed by atoms with E-state index in [1.54, 1.807) is 6.92 Å². The maximum Gasteiger partial charge on any atom is 0.221 e. The molecular weight excluding hydrogens is 190 g/mol. The standard InChI is InChI=1S/C12H23NO2/c1-3-4-10-15-12-8-6-5-7-9-13(12)11(2)14/h12H,3-10H2,1-2H3. The highest BCUT2D eigenvalue weighted by molar-refractivity contribution is 5.73. The van der Waals surface area contributed by atoms with Gasteiger partial charge in [-0.2, -0.15) is 0 Å². The van der Waals surface area contributed by atoms with Crippen molar-refractivity contribution >= 4 is 5.91 Å². The summed E-state index contributed by atoms with van der Waals surface area (Å²) >= 11 is 0. The zero-order valence-corrected chi connectivity index (χ0v) is 10.00. The number of unbranched alkanes of at least 4 members (excludes halogenated alkanes) is 1. The number of likely N-dealkylation sites (tertiary alicyclic amines) is 1. The predicted octanol–water partition coefficient (Wildman–Crippen LogP) is 2.55. The number of ether oxygens (including phenoxy) is 1. The number of nitrogens with zero attached hydrogens (tertiary/aromatic N) is 1. The average molecular weight is 213 g/mol. The van der Waals surface area contributed by atoms with Gasteiger partial charge in [-0.1, -0.05) is 19.8 Å². The van der Waals surface area contributed by atoms with Crippen molar-refractivity contribution in [1.29, 1.82) is 0 Å². The van der Waals surface area contributed by atoms with E-state index in [-0.39, 0.29) is 12.1 Å². The molecule has 15 heavy (non-hydrogen) atoms. The van der Waals surface area contributed by atoms with Crippen LogP contribution in [0.25, 0.3) is 0 Å². The van der Waals surface area contributed by atoms with Gasteiger partial charge in [-0.15, -0.1) is 0 Å². The van der Waals surface area contributed by atoms with Crippen molar-refractivity contribution in [2.24, 2.45) is 0 Å². The van der Waals surface area contributed by atoms with Crippen LogP contribution in [-0.2, 0) is 9.53 Å². The first-order valence-electron chi connectivity index (χ1n) is 6.14. The van der Waals surface area contributed by atoms with Crippen molar-refractivity contribution in [3.63, 3.8) is 0 Å². The van der Waals surface area contributed by atoms with Crippen molar-refractivity contribution in [3.05, 3.63) is 0 Å². The molecule has 0 aromatic rings. The Hall–Kier alpha value is -0.570. The first-order valence-corrected chi connectivity index (χ1v) is 6.14. The Balaban J connectivity index is 2.43. The van der Waals surface area contributed by atoms with Gasteiger partial charge < -0.3 is 9.64 Å². The maximum atomic E-state index is 11.4. The summed E-state index contributed by atoms with van der Waals surface area (Å²) in [6.07, 6.45) is 6.79. The van der Waals surface area contributed by atoms with Crippen molar-refractivity contribution in [1.82, 2.24) is 4.90 Å². The molecule has 1 atom stereocenters. The maximum absolute atomic E-state index is 11.4. The molecule has 1 saturated heterocycles. The van der Waals surface area contributed by atoms with Crippen LogP contribution in [0.1, 0.15) is 52.4 Å². The minimum atomic E-state index is 0.0385. The molecule has 1 unspecified atom stereocenters. The summed E-state index contributed by atoms with van der Waals surface area (Å²) < 4.78 is 5.78. The number of carbonyl (C=O) groups excluding carboxylic acids is 1. The lowest BCUT2D eigenvalue weighted by Crippen LogP contribution is -2.40. The molecule has 1 heterocycles. The lowest BCUT2D eigenvalue weighted by Gasteiger charge is -2.28. The van der Waals surface area contributed by atoms with E-state index in [9.17, 15) is 4.79 Å². The van der Waals surface area contributed by atoms with Crippen LogP contribution in [0.4, 0.5) is 0 Å². The number of amides is 1. The Labute approximate surface area is 92.8 Å². The molecule has 3 nitrogen and oxygen atoms in total. The quantitative estimate of drug-likeness (QED) is 0.672. The molecule has 0 spiro atoms. The summed E-state index contributed by atoms with van der Waals surface area (Å²) in [6, 6.07) is 0. The zero-order valence-electron chi connectivity index (χ0n) is 10.00. The third-order valence-corrected chi connectivity index (χ3v) is 2.91. The molecule has 1 amide bonds. The van der Waals surface area contributed by atoms with Crippen molar-refractivity contribution in [2.45, 2.75) is 58.6 Å². The van der Waals surface area contributed by atoms with E-state index in [0.29, 0.717) is 0 Å². The molecule has 3 heteroatoms. The van der Waals surface area contributed by atoms with Crippen LogP contribution < -0.4 is 0 Å². The van der Waals surface area contributed by atoms with Gasteiger partial charge >= 0.3 is 0 Å². The molecule has 0 bridgehead atoms. The number of hydrogen-bond acceptors (Lipinski definition) is 2. The summed E-state index contributed by atoms with van der Waals surface area (Å²) in [5.41, 5.74) is 0. The van der Waals surface area contributed by atoms with E-state index in [2.05, 4.69) is 6.92 Å². The summed E-state index contributed by atoms with van der Waals surface area (Å²) in [5, 5.41) is 0. The number of carbonyl (C=O) groups is 1. The van der Waals surface area contributed by atoms with Gasteiger partial charge in [-0.05, 0) is 25.7 Å². The molecule has 1 aliphatic heterocycles. The summed E-state index contributed by atoms with van der Waals surface area (Å²) in [7, 11) is 0. The predicted molar refractivity (Wildman–Crippen MR) is 60.5 cm³/mol. The molecule has 0 aromatic carbocycles. The summed E-state index contributed by atoms with van der Waals surface area (Å²) in [6.45, 7) is 5.44. The number of hydrogen-bond donors (Lipinski definition) is 0. The van der Waals surface area contributed by atoms with E-state index in [0.717, 1.165) is 38.8 Å². The highest BCUT2D eigenvalue weighted by Crippen LogP contribution is 2.18. The molecule has 1 rings (SSSR count). The Bertz CT molecular complexity index is 194. The topological polar surface area (TPSA) is 29.5 Å². The third-order valence-electron chi connectivity index (χ3n) is 2.91. The monoisotopic (exact) mass is 213 g/mol. The second-order valence-electron chi connectivity index (χ2n) is 4.24. The van der Waals surface area contributed by atoms with Gasteiger partial charge in [0.2, 0.25) is 5.91 Å². The van der Waals surface area contributed by atoms with Gasteiger partial charge in [0.25, 0.3) is 0 Å². The molecule has 0 aliphatic carbocycles. The molecule has 88 valence electrons. The molecule has 0 aromatic heterocycles. The van der Waals surface area contributed by atoms with E-state index < -0.39 is 0 Å². The second-order valence-corrected chi connectivity index (χ2v) is 4.24. The third kappa shape index (κ3) is 4.20. The van der Waals surface area contributed by atoms with Gasteiger partial charge in [-0.25, -0.2) is 0 Å². The van der Waals surface area contributed by atoms with Gasteiger partial charge in [0, 0.05) is 20.1 Å². The van der Waals surface area contributed by atoms with Gasteiger partial charge in [0.15, 0.2) is 0 Å². The van der Waals surface area contributed by atoms with E-state index in [1.807, 2.05) is 4.90 Å². The van der Waals surface area contributed by atoms with Crippen LogP contribution in [-0.4, -0.2) is 30.2 Å². The van der Waals surface area contributed by atoms with Crippen molar-refractivity contribution in [2.75, 3.05) is 13.2 Å². The second kappa shape index (κ2) is 6.83. The van der Waals surface area contributed by atoms with E-state index in [1.165, 1.54) is 12.8 Å². The van der Waals surface area contributed by atoms with E-state index >= 15 is 0 Å². The summed E-state index contributed by atoms with van der Waals surface area (Å²) in [4.78, 5) is 13.3. The van der Waals surface area contributed by atoms with Crippen LogP contribution in [0.2, 0.25) is 0 Å². The molecule has 0 saturated carbocycles. The van der Waals surface area contributed by atoms with Crippen molar-refractivity contribution < 1.29 is 9.53 Å². The average Bonchev–Trinajstić information content (AvgIpc) is 2.43. The Kier molecular flexibility index (Phi) is 5.69. The Morgan fingerprint density at radius 2 is 2.20 bits per heavy atom. The van der Waals surface area contributed by atoms with Crippen LogP contribution >= 0.6 is 0 Å². The first-order chi connectivity index (χ1) is 7.25. The van der Waals surface area contributed by atoms with Crippen LogP contribution in [0.3, 0.4) is 0 Å². The van der Waals surface area contributed by atoms with Gasteiger partial charge in [0.05, 0.1) is 0 Å². The fourth-order valence-electron chi connectivity index (χ4n) is 1.97. The molecular formula is C12H23NO2. The Morgan fingerprint density at radius 1 is 1.40 bits per heavy atom. The van der Waals surface area contributed by atoms with Crippen molar-refractivity contribution in [3.8, 4) is 0 Å². The van der Waals surface area contributed by atoms with Gasteiger partial charge in [-0.3, -0.25) is 4.79 Å². The SMILES string of the molecule is CCCCOC1CCCCCN1C(C)=O. The smallest absolute Gasteiger partial charge is 0.221 e. The fraction of sp³-hybridized carbons (Fsp3) is 0.917. The van der Waals surface area contributed by atoms with Crippen LogP contribution in [0.5, 0.6) is 0 Å². The minimum Gasteiger partial charge on any atom is -0.358 e. The number of rotatable bonds is 4. The molecule has 0 radical (unpaired) electrons. The highest BCUT2D eigenvalue weighted by Gasteiger charge is 2.22. The van der Waals surface area contributed by atoms with Crippen LogP contribution in [0.15, 0.2) is 0 Å². The highest BCUT2D eigenvalue weighted by atomic mass is 16.5. The Morgan fingerprint density at radius 3 is 2.87 bits per heavy atom. The minimum absolute atomic E-state index is 0.0385. The summed E-state index contributed by atoms with van der Waals surface area (Å²) in [5.74, 6) is 0.151. The largest absolute Gasteiger partial charge is 0.358 e. The molecule has 0 N–H and O–H groups in total.